The van der Waals surface area contributed by atoms with Gasteiger partial charge in [-0.25, -0.2) is 9.59 Å². The first-order chi connectivity index (χ1) is 22.8. The Balaban J connectivity index is 2.16. The molecule has 0 spiro atoms. The Hall–Kier alpha value is -6.06. The molecule has 0 amide bonds. The van der Waals surface area contributed by atoms with Gasteiger partial charge in [0.05, 0.1) is 52.4 Å². The third-order valence-electron chi connectivity index (χ3n) is 7.21. The third-order valence-corrected chi connectivity index (χ3v) is 7.21. The Morgan fingerprint density at radius 2 is 0.958 bits per heavy atom. The Kier molecular flexibility index (Phi) is 12.1. The summed E-state index contributed by atoms with van der Waals surface area (Å²) in [5, 5.41) is 40.4. The van der Waals surface area contributed by atoms with E-state index in [2.05, 4.69) is 0 Å². The molecule has 16 nitrogen and oxygen atoms in total. The van der Waals surface area contributed by atoms with Crippen LogP contribution < -0.4 is 18.9 Å². The first kappa shape index (κ1) is 36.4. The summed E-state index contributed by atoms with van der Waals surface area (Å²) in [4.78, 5) is 74.5. The topological polar surface area (TPSA) is 239 Å². The molecule has 48 heavy (non-hydrogen) atoms. The molecular formula is C32H32O16. The van der Waals surface area contributed by atoms with E-state index in [9.17, 15) is 39.0 Å². The van der Waals surface area contributed by atoms with Crippen LogP contribution in [-0.4, -0.2) is 97.5 Å². The summed E-state index contributed by atoms with van der Waals surface area (Å²) < 4.78 is 30.4. The number of hydrogen-bond donors (Lipinski definition) is 4. The number of methoxy groups -OCH3 is 4. The number of aliphatic hydroxyl groups excluding tert-OH is 2. The fourth-order valence-corrected chi connectivity index (χ4v) is 4.95. The van der Waals surface area contributed by atoms with Crippen LogP contribution in [-0.2, 0) is 38.2 Å². The number of rotatable bonds is 16. The molecule has 1 aliphatic carbocycles. The van der Waals surface area contributed by atoms with Gasteiger partial charge in [-0.3, -0.25) is 19.2 Å². The number of Topliss-reactive ketones (excluding diaryl/α,β-unsaturated/α-hetero) is 2. The van der Waals surface area contributed by atoms with Crippen molar-refractivity contribution in [2.24, 2.45) is 0 Å². The maximum Gasteiger partial charge on any atom is 0.341 e. The quantitative estimate of drug-likeness (QED) is 0.148. The number of carbonyl (C=O) groups excluding carboxylic acids is 4. The summed E-state index contributed by atoms with van der Waals surface area (Å²) in [5.41, 5.74) is -1.10. The van der Waals surface area contributed by atoms with Crippen LogP contribution in [0.3, 0.4) is 0 Å². The molecular weight excluding hydrogens is 640 g/mol. The second kappa shape index (κ2) is 16.0. The molecule has 0 aromatic heterocycles. The molecule has 0 fully saturated rings. The highest BCUT2D eigenvalue weighted by molar-refractivity contribution is 6.24. The van der Waals surface area contributed by atoms with Gasteiger partial charge in [0.1, 0.15) is 0 Å². The van der Waals surface area contributed by atoms with Gasteiger partial charge in [-0.15, -0.1) is 0 Å². The second-order valence-corrected chi connectivity index (χ2v) is 10.0. The normalized spacial score (nSPS) is 14.2. The minimum atomic E-state index is -1.40. The number of carboxylic acid groups (broad SMARTS) is 2. The van der Waals surface area contributed by atoms with E-state index in [0.717, 1.165) is 14.2 Å². The number of allylic oxidation sites excluding steroid dienone is 2. The summed E-state index contributed by atoms with van der Waals surface area (Å²) in [7, 11) is 4.64. The van der Waals surface area contributed by atoms with Crippen molar-refractivity contribution in [1.29, 1.82) is 0 Å². The molecule has 0 unspecified atom stereocenters. The molecule has 3 rings (SSSR count). The van der Waals surface area contributed by atoms with E-state index in [0.29, 0.717) is 0 Å². The molecule has 0 heterocycles. The van der Waals surface area contributed by atoms with Crippen molar-refractivity contribution < 1.29 is 77.6 Å². The molecule has 0 saturated heterocycles. The summed E-state index contributed by atoms with van der Waals surface area (Å²) >= 11 is 0. The number of hydrogen-bond acceptors (Lipinski definition) is 14. The smallest absolute Gasteiger partial charge is 0.341 e. The van der Waals surface area contributed by atoms with Crippen molar-refractivity contribution in [3.8, 4) is 23.0 Å². The van der Waals surface area contributed by atoms with Crippen molar-refractivity contribution in [3.63, 3.8) is 0 Å². The van der Waals surface area contributed by atoms with Gasteiger partial charge in [0.2, 0.25) is 11.6 Å². The van der Waals surface area contributed by atoms with Gasteiger partial charge in [0, 0.05) is 11.8 Å². The van der Waals surface area contributed by atoms with E-state index in [1.807, 2.05) is 0 Å². The zero-order valence-electron chi connectivity index (χ0n) is 26.1. The number of aliphatic hydroxyl groups is 2. The van der Waals surface area contributed by atoms with Crippen LogP contribution in [0.1, 0.15) is 35.8 Å². The molecule has 2 aromatic carbocycles. The molecule has 2 aromatic rings. The maximum atomic E-state index is 13.8. The Morgan fingerprint density at radius 1 is 0.604 bits per heavy atom. The Labute approximate surface area is 272 Å². The first-order valence-electron chi connectivity index (χ1n) is 13.9. The average molecular weight is 673 g/mol. The van der Waals surface area contributed by atoms with E-state index >= 15 is 0 Å². The monoisotopic (exact) mass is 672 g/mol. The van der Waals surface area contributed by atoms with Crippen molar-refractivity contribution in [2.45, 2.75) is 24.7 Å². The average Bonchev–Trinajstić information content (AvgIpc) is 3.07. The zero-order chi connectivity index (χ0) is 35.7. The number of carbonyl (C=O) groups is 6. The van der Waals surface area contributed by atoms with Crippen LogP contribution in [0.25, 0.3) is 0 Å². The molecule has 256 valence electrons. The van der Waals surface area contributed by atoms with Crippen LogP contribution in [0.4, 0.5) is 0 Å². The lowest BCUT2D eigenvalue weighted by Crippen LogP contribution is -2.31. The SMILES string of the molecule is COC(=O)C[C@H](C1=C(O)C(=O)C([C@H](CC(=O)OC)c2ccc(OCC(=O)O)c(OC)c2)=C(O)C1=O)c1ccc(OCC(=O)O)c(OC)c1. The maximum absolute atomic E-state index is 13.8. The molecule has 0 bridgehead atoms. The Bertz CT molecular complexity index is 1560. The predicted octanol–water partition coefficient (Wildman–Crippen LogP) is 2.40. The van der Waals surface area contributed by atoms with Gasteiger partial charge >= 0.3 is 23.9 Å². The van der Waals surface area contributed by atoms with Crippen molar-refractivity contribution in [3.05, 3.63) is 70.2 Å². The number of ether oxygens (including phenoxy) is 6. The summed E-state index contributed by atoms with van der Waals surface area (Å²) in [6.45, 7) is -1.42. The van der Waals surface area contributed by atoms with Crippen LogP contribution in [0, 0.1) is 0 Å². The van der Waals surface area contributed by atoms with Crippen molar-refractivity contribution in [2.75, 3.05) is 41.7 Å². The van der Waals surface area contributed by atoms with Gasteiger partial charge in [0.15, 0.2) is 47.7 Å². The minimum Gasteiger partial charge on any atom is -0.504 e. The highest BCUT2D eigenvalue weighted by atomic mass is 16.5. The number of esters is 2. The predicted molar refractivity (Wildman–Crippen MR) is 160 cm³/mol. The molecule has 0 aliphatic heterocycles. The van der Waals surface area contributed by atoms with Gasteiger partial charge in [-0.1, -0.05) is 12.1 Å². The lowest BCUT2D eigenvalue weighted by atomic mass is 9.75. The van der Waals surface area contributed by atoms with E-state index in [1.165, 1.54) is 50.6 Å². The third kappa shape index (κ3) is 8.20. The van der Waals surface area contributed by atoms with Gasteiger partial charge in [-0.05, 0) is 35.4 Å². The number of ketones is 2. The fraction of sp³-hybridized carbons (Fsp3) is 0.312. The van der Waals surface area contributed by atoms with Gasteiger partial charge in [0.25, 0.3) is 0 Å². The zero-order valence-corrected chi connectivity index (χ0v) is 26.1. The van der Waals surface area contributed by atoms with Gasteiger partial charge in [-0.2, -0.15) is 0 Å². The largest absolute Gasteiger partial charge is 0.504 e. The molecule has 0 radical (unpaired) electrons. The van der Waals surface area contributed by atoms with Crippen LogP contribution >= 0.6 is 0 Å². The number of aliphatic carboxylic acids is 2. The van der Waals surface area contributed by atoms with Crippen molar-refractivity contribution >= 4 is 35.4 Å². The van der Waals surface area contributed by atoms with E-state index < -0.39 is 96.0 Å². The Morgan fingerprint density at radius 3 is 1.25 bits per heavy atom. The molecule has 2 atom stereocenters. The van der Waals surface area contributed by atoms with E-state index in [1.54, 1.807) is 0 Å². The minimum absolute atomic E-state index is 0.00444. The second-order valence-electron chi connectivity index (χ2n) is 10.0. The standard InChI is InChI=1S/C32H32O16/c1-43-21-9-15(5-7-19(21)47-13-23(33)34)17(11-25(37)45-3)27-29(39)31(41)28(32(42)30(27)40)18(12-26(38)46-4)16-6-8-20(22(10-16)44-2)48-14-24(35)36/h5-10,17-18,39,42H,11-14H2,1-4H3,(H,33,34)(H,35,36)/t17-,18+. The highest BCUT2D eigenvalue weighted by Crippen LogP contribution is 2.43. The van der Waals surface area contributed by atoms with E-state index in [4.69, 9.17) is 38.6 Å². The highest BCUT2D eigenvalue weighted by Gasteiger charge is 2.43. The fourth-order valence-electron chi connectivity index (χ4n) is 4.95. The van der Waals surface area contributed by atoms with Crippen LogP contribution in [0.15, 0.2) is 59.1 Å². The van der Waals surface area contributed by atoms with Gasteiger partial charge < -0.3 is 48.8 Å². The van der Waals surface area contributed by atoms with Crippen LogP contribution in [0.2, 0.25) is 0 Å². The summed E-state index contributed by atoms with van der Waals surface area (Å²) in [6, 6.07) is 7.83. The summed E-state index contributed by atoms with van der Waals surface area (Å²) in [5.74, 6) is -11.8. The molecule has 0 saturated carbocycles. The molecule has 16 heteroatoms. The lowest BCUT2D eigenvalue weighted by Gasteiger charge is -2.28. The number of carboxylic acids is 2. The number of benzene rings is 2. The summed E-state index contributed by atoms with van der Waals surface area (Å²) in [6.07, 6.45) is -1.20. The van der Waals surface area contributed by atoms with E-state index in [-0.39, 0.29) is 34.1 Å². The lowest BCUT2D eigenvalue weighted by molar-refractivity contribution is -0.142. The van der Waals surface area contributed by atoms with Crippen molar-refractivity contribution in [1.82, 2.24) is 0 Å². The molecule has 1 aliphatic rings. The van der Waals surface area contributed by atoms with Crippen LogP contribution in [0.5, 0.6) is 23.0 Å². The molecule has 4 N–H and O–H groups in total. The first-order valence-corrected chi connectivity index (χ1v) is 13.9.